The number of nitriles is 1. The first-order valence-electron chi connectivity index (χ1n) is 8.62. The van der Waals surface area contributed by atoms with Crippen molar-refractivity contribution in [1.82, 2.24) is 9.97 Å². The minimum Gasteiger partial charge on any atom is -0.338 e. The number of hydrogen-bond acceptors (Lipinski definition) is 5. The molecule has 1 aliphatic heterocycles. The number of nitrogens with one attached hydrogen (secondary N) is 1. The van der Waals surface area contributed by atoms with Crippen LogP contribution in [0.2, 0.25) is 0 Å². The third kappa shape index (κ3) is 3.77. The number of hydrogen-bond donors (Lipinski definition) is 1. The van der Waals surface area contributed by atoms with E-state index in [1.807, 2.05) is 0 Å². The summed E-state index contributed by atoms with van der Waals surface area (Å²) in [7, 11) is 0. The molecule has 2 aromatic rings. The lowest BCUT2D eigenvalue weighted by atomic mass is 10.0. The molecule has 1 N–H and O–H groups in total. The Morgan fingerprint density at radius 3 is 2.80 bits per heavy atom. The SMILES string of the molecule is CCC1CCCCN1c1ncc(C(=O)Nc2ccccc2C#N)cn1. The number of carbonyl (C=O) groups excluding carboxylic acids is 1. The minimum absolute atomic E-state index is 0.320. The number of aromatic nitrogens is 2. The summed E-state index contributed by atoms with van der Waals surface area (Å²) in [5.41, 5.74) is 1.29. The zero-order chi connectivity index (χ0) is 17.6. The summed E-state index contributed by atoms with van der Waals surface area (Å²) >= 11 is 0. The summed E-state index contributed by atoms with van der Waals surface area (Å²) in [6, 6.07) is 9.43. The number of anilines is 2. The van der Waals surface area contributed by atoms with E-state index in [1.54, 1.807) is 36.7 Å². The molecule has 1 saturated heterocycles. The van der Waals surface area contributed by atoms with Gasteiger partial charge in [0.15, 0.2) is 0 Å². The molecule has 1 amide bonds. The van der Waals surface area contributed by atoms with Gasteiger partial charge in [-0.05, 0) is 37.8 Å². The Morgan fingerprint density at radius 2 is 2.08 bits per heavy atom. The summed E-state index contributed by atoms with van der Waals surface area (Å²) in [6.07, 6.45) is 7.71. The monoisotopic (exact) mass is 335 g/mol. The van der Waals surface area contributed by atoms with E-state index < -0.39 is 0 Å². The fourth-order valence-corrected chi connectivity index (χ4v) is 3.16. The van der Waals surface area contributed by atoms with E-state index in [1.165, 1.54) is 6.42 Å². The average Bonchev–Trinajstić information content (AvgIpc) is 2.68. The fourth-order valence-electron chi connectivity index (χ4n) is 3.16. The number of benzene rings is 1. The molecule has 0 bridgehead atoms. The first-order valence-corrected chi connectivity index (χ1v) is 8.62. The summed E-state index contributed by atoms with van der Waals surface area (Å²) in [4.78, 5) is 23.4. The molecular weight excluding hydrogens is 314 g/mol. The lowest BCUT2D eigenvalue weighted by molar-refractivity contribution is 0.102. The van der Waals surface area contributed by atoms with Crippen molar-refractivity contribution in [3.63, 3.8) is 0 Å². The van der Waals surface area contributed by atoms with Crippen LogP contribution in [0.15, 0.2) is 36.7 Å². The molecular formula is C19H21N5O. The highest BCUT2D eigenvalue weighted by atomic mass is 16.1. The smallest absolute Gasteiger partial charge is 0.258 e. The maximum atomic E-state index is 12.4. The fraction of sp³-hybridized carbons (Fsp3) is 0.368. The van der Waals surface area contributed by atoms with Crippen LogP contribution in [0.4, 0.5) is 11.6 Å². The molecule has 3 rings (SSSR count). The Balaban J connectivity index is 1.73. The summed E-state index contributed by atoms with van der Waals surface area (Å²) < 4.78 is 0. The number of nitrogens with zero attached hydrogens (tertiary/aromatic N) is 4. The van der Waals surface area contributed by atoms with Gasteiger partial charge in [-0.15, -0.1) is 0 Å². The molecule has 25 heavy (non-hydrogen) atoms. The first kappa shape index (κ1) is 16.9. The van der Waals surface area contributed by atoms with Gasteiger partial charge in [0.05, 0.1) is 16.8 Å². The highest BCUT2D eigenvalue weighted by molar-refractivity contribution is 6.04. The molecule has 0 spiro atoms. The van der Waals surface area contributed by atoms with E-state index in [9.17, 15) is 4.79 Å². The van der Waals surface area contributed by atoms with Crippen molar-refractivity contribution in [2.45, 2.75) is 38.6 Å². The third-order valence-electron chi connectivity index (χ3n) is 4.55. The Kier molecular flexibility index (Phi) is 5.24. The number of piperidine rings is 1. The van der Waals surface area contributed by atoms with Gasteiger partial charge in [0, 0.05) is 25.0 Å². The lowest BCUT2D eigenvalue weighted by Gasteiger charge is -2.35. The van der Waals surface area contributed by atoms with Gasteiger partial charge in [-0.1, -0.05) is 19.1 Å². The molecule has 0 saturated carbocycles. The van der Waals surface area contributed by atoms with E-state index in [-0.39, 0.29) is 5.91 Å². The second-order valence-electron chi connectivity index (χ2n) is 6.13. The molecule has 1 unspecified atom stereocenters. The zero-order valence-electron chi connectivity index (χ0n) is 14.3. The van der Waals surface area contributed by atoms with Crippen molar-refractivity contribution in [3.05, 3.63) is 47.8 Å². The van der Waals surface area contributed by atoms with Crippen LogP contribution in [0.25, 0.3) is 0 Å². The highest BCUT2D eigenvalue weighted by Gasteiger charge is 2.23. The highest BCUT2D eigenvalue weighted by Crippen LogP contribution is 2.23. The summed E-state index contributed by atoms with van der Waals surface area (Å²) in [5, 5.41) is 11.8. The molecule has 1 aromatic heterocycles. The number of para-hydroxylation sites is 1. The van der Waals surface area contributed by atoms with Crippen molar-refractivity contribution in [2.75, 3.05) is 16.8 Å². The molecule has 6 nitrogen and oxygen atoms in total. The standard InChI is InChI=1S/C19H21N5O/c1-2-16-8-5-6-10-24(16)19-21-12-15(13-22-19)18(25)23-17-9-4-3-7-14(17)11-20/h3-4,7,9,12-13,16H,2,5-6,8,10H2,1H3,(H,23,25). The molecule has 0 aliphatic carbocycles. The second-order valence-corrected chi connectivity index (χ2v) is 6.13. The number of rotatable bonds is 4. The van der Waals surface area contributed by atoms with Gasteiger partial charge in [-0.25, -0.2) is 9.97 Å². The van der Waals surface area contributed by atoms with Crippen LogP contribution in [0, 0.1) is 11.3 Å². The van der Waals surface area contributed by atoms with Gasteiger partial charge in [0.2, 0.25) is 5.95 Å². The summed E-state index contributed by atoms with van der Waals surface area (Å²) in [5.74, 6) is 0.362. The van der Waals surface area contributed by atoms with Gasteiger partial charge < -0.3 is 10.2 Å². The summed E-state index contributed by atoms with van der Waals surface area (Å²) in [6.45, 7) is 3.14. The van der Waals surface area contributed by atoms with Crippen LogP contribution in [0.5, 0.6) is 0 Å². The largest absolute Gasteiger partial charge is 0.338 e. The van der Waals surface area contributed by atoms with Gasteiger partial charge in [0.25, 0.3) is 5.91 Å². The molecule has 2 heterocycles. The molecule has 1 atom stereocenters. The Morgan fingerprint density at radius 1 is 1.32 bits per heavy atom. The van der Waals surface area contributed by atoms with Crippen LogP contribution in [0.3, 0.4) is 0 Å². The van der Waals surface area contributed by atoms with Crippen LogP contribution >= 0.6 is 0 Å². The van der Waals surface area contributed by atoms with Gasteiger partial charge >= 0.3 is 0 Å². The second kappa shape index (κ2) is 7.75. The van der Waals surface area contributed by atoms with Gasteiger partial charge in [0.1, 0.15) is 6.07 Å². The van der Waals surface area contributed by atoms with E-state index in [0.717, 1.165) is 25.8 Å². The van der Waals surface area contributed by atoms with Crippen LogP contribution in [-0.4, -0.2) is 28.5 Å². The molecule has 6 heteroatoms. The van der Waals surface area contributed by atoms with Crippen molar-refractivity contribution in [3.8, 4) is 6.07 Å². The quantitative estimate of drug-likeness (QED) is 0.926. The van der Waals surface area contributed by atoms with Crippen molar-refractivity contribution in [2.24, 2.45) is 0 Å². The molecule has 128 valence electrons. The van der Waals surface area contributed by atoms with E-state index in [0.29, 0.717) is 28.8 Å². The Labute approximate surface area is 147 Å². The van der Waals surface area contributed by atoms with Gasteiger partial charge in [-0.3, -0.25) is 4.79 Å². The average molecular weight is 335 g/mol. The maximum Gasteiger partial charge on any atom is 0.258 e. The predicted octanol–water partition coefficient (Wildman–Crippen LogP) is 3.37. The topological polar surface area (TPSA) is 81.9 Å². The van der Waals surface area contributed by atoms with Crippen molar-refractivity contribution >= 4 is 17.5 Å². The third-order valence-corrected chi connectivity index (χ3v) is 4.55. The molecule has 1 aliphatic rings. The lowest BCUT2D eigenvalue weighted by Crippen LogP contribution is -2.40. The molecule has 0 radical (unpaired) electrons. The van der Waals surface area contributed by atoms with Crippen molar-refractivity contribution in [1.29, 1.82) is 5.26 Å². The van der Waals surface area contributed by atoms with E-state index in [4.69, 9.17) is 5.26 Å². The predicted molar refractivity (Wildman–Crippen MR) is 96.4 cm³/mol. The Bertz CT molecular complexity index is 781. The number of carbonyl (C=O) groups is 1. The van der Waals surface area contributed by atoms with Crippen LogP contribution < -0.4 is 10.2 Å². The van der Waals surface area contributed by atoms with Crippen molar-refractivity contribution < 1.29 is 4.79 Å². The van der Waals surface area contributed by atoms with Crippen LogP contribution in [-0.2, 0) is 0 Å². The van der Waals surface area contributed by atoms with Crippen LogP contribution in [0.1, 0.15) is 48.5 Å². The first-order chi connectivity index (χ1) is 12.2. The zero-order valence-corrected chi connectivity index (χ0v) is 14.3. The van der Waals surface area contributed by atoms with E-state index >= 15 is 0 Å². The number of amides is 1. The minimum atomic E-state index is -0.320. The van der Waals surface area contributed by atoms with Gasteiger partial charge in [-0.2, -0.15) is 5.26 Å². The Hall–Kier alpha value is -2.94. The van der Waals surface area contributed by atoms with E-state index in [2.05, 4.69) is 33.2 Å². The maximum absolute atomic E-state index is 12.4. The molecule has 1 fully saturated rings. The molecule has 1 aromatic carbocycles. The normalized spacial score (nSPS) is 17.0.